The first-order valence-corrected chi connectivity index (χ1v) is 33.2. The Morgan fingerprint density at radius 3 is 1.19 bits per heavy atom. The molecule has 0 aromatic rings. The van der Waals surface area contributed by atoms with E-state index in [4.69, 9.17) is 28.4 Å². The van der Waals surface area contributed by atoms with Gasteiger partial charge >= 0.3 is 0 Å². The van der Waals surface area contributed by atoms with Crippen LogP contribution in [0.4, 0.5) is 0 Å². The van der Waals surface area contributed by atoms with Crippen LogP contribution < -0.4 is 5.32 Å². The largest absolute Gasteiger partial charge is 0.394 e. The molecule has 84 heavy (non-hydrogen) atoms. The van der Waals surface area contributed by atoms with Gasteiger partial charge in [0, 0.05) is 6.42 Å². The van der Waals surface area contributed by atoms with Gasteiger partial charge in [-0.25, -0.2) is 0 Å². The van der Waals surface area contributed by atoms with Crippen molar-refractivity contribution >= 4 is 5.91 Å². The molecule has 0 aromatic carbocycles. The van der Waals surface area contributed by atoms with E-state index in [1.807, 2.05) is 6.08 Å². The van der Waals surface area contributed by atoms with Crippen LogP contribution in [0.2, 0.25) is 0 Å². The number of hydrogen-bond acceptors (Lipinski definition) is 18. The van der Waals surface area contributed by atoms with Crippen molar-refractivity contribution in [3.05, 3.63) is 36.5 Å². The minimum atomic E-state index is -1.98. The van der Waals surface area contributed by atoms with Crippen LogP contribution in [0.5, 0.6) is 0 Å². The van der Waals surface area contributed by atoms with Gasteiger partial charge in [-0.3, -0.25) is 4.79 Å². The summed E-state index contributed by atoms with van der Waals surface area (Å²) < 4.78 is 34.3. The minimum Gasteiger partial charge on any atom is -0.394 e. The predicted molar refractivity (Wildman–Crippen MR) is 323 cm³/mol. The Hall–Kier alpha value is -1.99. The van der Waals surface area contributed by atoms with E-state index < -0.39 is 124 Å². The Balaban J connectivity index is 1.48. The molecule has 0 bridgehead atoms. The maximum absolute atomic E-state index is 13.4. The monoisotopic (exact) mass is 1200 g/mol. The normalized spacial score (nSPS) is 29.4. The molecular weight excluding hydrogens is 1080 g/mol. The van der Waals surface area contributed by atoms with Crippen LogP contribution in [0.25, 0.3) is 0 Å². The zero-order chi connectivity index (χ0) is 61.2. The lowest BCUT2D eigenvalue weighted by molar-refractivity contribution is -0.379. The van der Waals surface area contributed by atoms with E-state index in [9.17, 15) is 61.0 Å². The molecule has 17 unspecified atom stereocenters. The number of hydrogen-bond donors (Lipinski definition) is 12. The molecule has 0 radical (unpaired) electrons. The van der Waals surface area contributed by atoms with Crippen LogP contribution in [0, 0.1) is 0 Å². The van der Waals surface area contributed by atoms with Crippen molar-refractivity contribution in [1.82, 2.24) is 5.32 Å². The Morgan fingerprint density at radius 1 is 0.417 bits per heavy atom. The molecule has 0 spiro atoms. The molecular formula is C65H119NO18. The van der Waals surface area contributed by atoms with Crippen LogP contribution in [0.3, 0.4) is 0 Å². The van der Waals surface area contributed by atoms with Crippen LogP contribution in [-0.4, -0.2) is 193 Å². The molecule has 0 aliphatic carbocycles. The standard InChI is InChI=1S/C65H119NO18/c1-3-5-7-9-11-13-15-17-19-21-22-23-24-25-27-28-30-32-34-36-38-40-42-49(70)48(66-53(71)43-41-39-37-35-33-31-29-26-20-18-16-14-12-10-8-6-4-2)47-79-63-59(77)56(74)61(51(45-68)81-63)84-65-60(78)57(75)62(52(46-69)82-65)83-64-58(76)55(73)54(72)50(44-67)80-64/h18,20,32,34,40,42,48-52,54-65,67-70,72-78H,3-17,19,21-31,33,35-39,41,43-47H2,1-2H3,(H,66,71)/b20-18-,34-32+,42-40+. The first-order valence-electron chi connectivity index (χ1n) is 33.2. The summed E-state index contributed by atoms with van der Waals surface area (Å²) in [6, 6.07) is -0.991. The predicted octanol–water partition coefficient (Wildman–Crippen LogP) is 7.66. The van der Waals surface area contributed by atoms with Gasteiger partial charge in [0.05, 0.1) is 38.6 Å². The highest BCUT2D eigenvalue weighted by Gasteiger charge is 2.53. The SMILES string of the molecule is CCCCCCCC/C=C\CCCCCCCCCC(=O)NC(COC1OC(CO)C(OC2OC(CO)C(OC3OC(CO)C(O)C(O)C3O)C(O)C2O)C(O)C1O)C(O)/C=C/CC/C=C/CCCCCCCCCCCCCCCCCC. The van der Waals surface area contributed by atoms with Crippen molar-refractivity contribution in [2.45, 2.75) is 343 Å². The molecule has 1 amide bonds. The van der Waals surface area contributed by atoms with E-state index in [2.05, 4.69) is 43.5 Å². The van der Waals surface area contributed by atoms with Crippen molar-refractivity contribution in [2.75, 3.05) is 26.4 Å². The topological polar surface area (TPSA) is 307 Å². The van der Waals surface area contributed by atoms with E-state index in [1.165, 1.54) is 154 Å². The third-order valence-corrected chi connectivity index (χ3v) is 16.7. The van der Waals surface area contributed by atoms with Gasteiger partial charge in [0.15, 0.2) is 18.9 Å². The maximum atomic E-state index is 13.4. The fourth-order valence-electron chi connectivity index (χ4n) is 11.2. The smallest absolute Gasteiger partial charge is 0.220 e. The Morgan fingerprint density at radius 2 is 0.762 bits per heavy atom. The number of allylic oxidation sites excluding steroid dienone is 5. The van der Waals surface area contributed by atoms with Crippen LogP contribution in [0.15, 0.2) is 36.5 Å². The van der Waals surface area contributed by atoms with Crippen molar-refractivity contribution in [3.63, 3.8) is 0 Å². The second-order valence-corrected chi connectivity index (χ2v) is 23.9. The second kappa shape index (κ2) is 47.9. The first-order chi connectivity index (χ1) is 40.8. The van der Waals surface area contributed by atoms with Gasteiger partial charge in [-0.2, -0.15) is 0 Å². The van der Waals surface area contributed by atoms with Crippen LogP contribution in [0.1, 0.15) is 239 Å². The number of rotatable bonds is 50. The highest BCUT2D eigenvalue weighted by molar-refractivity contribution is 5.76. The Labute approximate surface area is 504 Å². The van der Waals surface area contributed by atoms with E-state index >= 15 is 0 Å². The molecule has 3 heterocycles. The zero-order valence-corrected chi connectivity index (χ0v) is 51.6. The van der Waals surface area contributed by atoms with Crippen LogP contribution >= 0.6 is 0 Å². The van der Waals surface area contributed by atoms with E-state index in [0.717, 1.165) is 51.4 Å². The van der Waals surface area contributed by atoms with Gasteiger partial charge in [0.2, 0.25) is 5.91 Å². The van der Waals surface area contributed by atoms with Gasteiger partial charge in [-0.1, -0.05) is 211 Å². The third-order valence-electron chi connectivity index (χ3n) is 16.7. The zero-order valence-electron chi connectivity index (χ0n) is 51.6. The fourth-order valence-corrected chi connectivity index (χ4v) is 11.2. The van der Waals surface area contributed by atoms with Gasteiger partial charge in [0.25, 0.3) is 0 Å². The summed E-state index contributed by atoms with van der Waals surface area (Å²) in [4.78, 5) is 13.4. The lowest BCUT2D eigenvalue weighted by atomic mass is 9.96. The summed E-state index contributed by atoms with van der Waals surface area (Å²) in [6.45, 7) is 1.72. The van der Waals surface area contributed by atoms with E-state index in [0.29, 0.717) is 12.8 Å². The first kappa shape index (κ1) is 76.3. The van der Waals surface area contributed by atoms with E-state index in [-0.39, 0.29) is 18.9 Å². The number of ether oxygens (including phenoxy) is 6. The molecule has 17 atom stereocenters. The average molecular weight is 1200 g/mol. The minimum absolute atomic E-state index is 0.231. The summed E-state index contributed by atoms with van der Waals surface area (Å²) >= 11 is 0. The molecule has 3 rings (SSSR count). The quantitative estimate of drug-likeness (QED) is 0.0205. The number of nitrogens with one attached hydrogen (secondary N) is 1. The number of carbonyl (C=O) groups excluding carboxylic acids is 1. The molecule has 492 valence electrons. The number of carbonyl (C=O) groups is 1. The highest BCUT2D eigenvalue weighted by Crippen LogP contribution is 2.33. The molecule has 3 saturated heterocycles. The van der Waals surface area contributed by atoms with Crippen LogP contribution in [-0.2, 0) is 33.2 Å². The molecule has 12 N–H and O–H groups in total. The molecule has 0 aromatic heterocycles. The third kappa shape index (κ3) is 30.5. The lowest BCUT2D eigenvalue weighted by Crippen LogP contribution is -2.66. The Bertz CT molecular complexity index is 1670. The van der Waals surface area contributed by atoms with Crippen molar-refractivity contribution < 1.29 is 89.4 Å². The number of unbranched alkanes of at least 4 members (excludes halogenated alkanes) is 30. The molecule has 3 aliphatic rings. The average Bonchev–Trinajstić information content (AvgIpc) is 2.82. The molecule has 0 saturated carbocycles. The lowest BCUT2D eigenvalue weighted by Gasteiger charge is -2.48. The highest BCUT2D eigenvalue weighted by atomic mass is 16.8. The number of aliphatic hydroxyl groups is 11. The summed E-state index contributed by atoms with van der Waals surface area (Å²) in [7, 11) is 0. The van der Waals surface area contributed by atoms with Gasteiger partial charge in [-0.05, 0) is 57.8 Å². The number of amides is 1. The molecule has 3 aliphatic heterocycles. The van der Waals surface area contributed by atoms with E-state index in [1.54, 1.807) is 6.08 Å². The van der Waals surface area contributed by atoms with Gasteiger partial charge in [0.1, 0.15) is 73.2 Å². The summed E-state index contributed by atoms with van der Waals surface area (Å²) in [5.41, 5.74) is 0. The number of aliphatic hydroxyl groups excluding tert-OH is 11. The Kier molecular flexibility index (Phi) is 43.5. The molecule has 19 heteroatoms. The van der Waals surface area contributed by atoms with Crippen molar-refractivity contribution in [3.8, 4) is 0 Å². The van der Waals surface area contributed by atoms with Crippen molar-refractivity contribution in [1.29, 1.82) is 0 Å². The van der Waals surface area contributed by atoms with Crippen molar-refractivity contribution in [2.24, 2.45) is 0 Å². The van der Waals surface area contributed by atoms with Gasteiger partial charge in [-0.15, -0.1) is 0 Å². The summed E-state index contributed by atoms with van der Waals surface area (Å²) in [6.07, 6.45) is 26.9. The fraction of sp³-hybridized carbons (Fsp3) is 0.892. The summed E-state index contributed by atoms with van der Waals surface area (Å²) in [5, 5.41) is 120. The summed E-state index contributed by atoms with van der Waals surface area (Å²) in [5.74, 6) is -0.289. The second-order valence-electron chi connectivity index (χ2n) is 23.9. The molecule has 19 nitrogen and oxygen atoms in total. The van der Waals surface area contributed by atoms with Gasteiger partial charge < -0.3 is 89.9 Å². The maximum Gasteiger partial charge on any atom is 0.220 e. The molecule has 3 fully saturated rings.